The number of hydrogen-bond donors (Lipinski definition) is 2. The summed E-state index contributed by atoms with van der Waals surface area (Å²) >= 11 is 6.02. The molecule has 4 heterocycles. The number of nitrogens with one attached hydrogen (secondary N) is 1. The molecule has 2 fully saturated rings. The zero-order valence-corrected chi connectivity index (χ0v) is 18.7. The van der Waals surface area contributed by atoms with Gasteiger partial charge in [0.05, 0.1) is 29.0 Å². The molecule has 1 spiro atoms. The highest BCUT2D eigenvalue weighted by molar-refractivity contribution is 6.31. The summed E-state index contributed by atoms with van der Waals surface area (Å²) in [5.74, 6) is -0.306. The molecule has 0 saturated carbocycles. The molecule has 2 saturated heterocycles. The van der Waals surface area contributed by atoms with Crippen molar-refractivity contribution in [3.63, 3.8) is 0 Å². The first-order valence-electron chi connectivity index (χ1n) is 11.0. The Balaban J connectivity index is 1.41. The van der Waals surface area contributed by atoms with Gasteiger partial charge in [0, 0.05) is 26.3 Å². The average molecular weight is 478 g/mol. The van der Waals surface area contributed by atoms with Gasteiger partial charge in [-0.3, -0.25) is 10.1 Å². The predicted octanol–water partition coefficient (Wildman–Crippen LogP) is 3.38. The fourth-order valence-electron chi connectivity index (χ4n) is 5.00. The topological polar surface area (TPSA) is 112 Å². The van der Waals surface area contributed by atoms with Gasteiger partial charge in [-0.25, -0.2) is 13.9 Å². The normalized spacial score (nSPS) is 23.2. The Hall–Kier alpha value is -2.85. The Bertz CT molecular complexity index is 1100. The van der Waals surface area contributed by atoms with E-state index in [1.165, 1.54) is 12.3 Å². The van der Waals surface area contributed by atoms with Crippen molar-refractivity contribution < 1.29 is 23.5 Å². The number of aromatic nitrogens is 2. The smallest absolute Gasteiger partial charge is 0.412 e. The SMILES string of the molecule is Nc1c(C(=O)N2CCC[C@@]3(C2)OC(=O)Nc2ccc(Cl)c(F)c23)cnn1CC1CCOCC1. The number of fused-ring (bicyclic) bond motifs is 2. The molecule has 3 aliphatic rings. The molecule has 0 unspecified atom stereocenters. The number of ether oxygens (including phenoxy) is 2. The van der Waals surface area contributed by atoms with Crippen molar-refractivity contribution in [1.82, 2.24) is 14.7 Å². The summed E-state index contributed by atoms with van der Waals surface area (Å²) in [6.45, 7) is 2.46. The highest BCUT2D eigenvalue weighted by Crippen LogP contribution is 2.45. The van der Waals surface area contributed by atoms with Gasteiger partial charge >= 0.3 is 6.09 Å². The summed E-state index contributed by atoms with van der Waals surface area (Å²) in [5, 5.41) is 6.78. The summed E-state index contributed by atoms with van der Waals surface area (Å²) in [5.41, 5.74) is 5.71. The summed E-state index contributed by atoms with van der Waals surface area (Å²) in [6.07, 6.45) is 3.50. The molecule has 2 aromatic rings. The van der Waals surface area contributed by atoms with E-state index in [9.17, 15) is 9.59 Å². The van der Waals surface area contributed by atoms with Crippen LogP contribution in [0.2, 0.25) is 5.02 Å². The lowest BCUT2D eigenvalue weighted by atomic mass is 9.83. The lowest BCUT2D eigenvalue weighted by molar-refractivity contribution is -0.0418. The van der Waals surface area contributed by atoms with Gasteiger partial charge in [-0.1, -0.05) is 11.6 Å². The third-order valence-corrected chi connectivity index (χ3v) is 6.99. The zero-order valence-electron chi connectivity index (χ0n) is 18.0. The number of rotatable bonds is 3. The lowest BCUT2D eigenvalue weighted by Gasteiger charge is -2.45. The number of likely N-dealkylation sites (tertiary alicyclic amines) is 1. The van der Waals surface area contributed by atoms with Crippen LogP contribution in [0.1, 0.15) is 41.6 Å². The highest BCUT2D eigenvalue weighted by atomic mass is 35.5. The van der Waals surface area contributed by atoms with Crippen LogP contribution in [0, 0.1) is 11.7 Å². The Kier molecular flexibility index (Phi) is 5.65. The van der Waals surface area contributed by atoms with Crippen LogP contribution in [0.4, 0.5) is 20.7 Å². The van der Waals surface area contributed by atoms with Crippen molar-refractivity contribution in [3.05, 3.63) is 40.3 Å². The Labute approximate surface area is 194 Å². The first-order valence-corrected chi connectivity index (χ1v) is 11.4. The zero-order chi connectivity index (χ0) is 23.2. The maximum atomic E-state index is 15.1. The number of carbonyl (C=O) groups is 2. The van der Waals surface area contributed by atoms with Crippen molar-refractivity contribution in [2.75, 3.05) is 37.4 Å². The molecule has 176 valence electrons. The van der Waals surface area contributed by atoms with Crippen LogP contribution in [0.5, 0.6) is 0 Å². The quantitative estimate of drug-likeness (QED) is 0.701. The number of halogens is 2. The van der Waals surface area contributed by atoms with Crippen LogP contribution in [0.25, 0.3) is 0 Å². The monoisotopic (exact) mass is 477 g/mol. The number of carbonyl (C=O) groups excluding carboxylic acids is 2. The van der Waals surface area contributed by atoms with E-state index < -0.39 is 17.5 Å². The maximum Gasteiger partial charge on any atom is 0.412 e. The molecule has 3 N–H and O–H groups in total. The Morgan fingerprint density at radius 1 is 1.36 bits per heavy atom. The standard InChI is InChI=1S/C22H25ClFN5O4/c23-15-2-3-16-17(18(15)24)22(33-21(31)27-16)6-1-7-28(12-22)20(30)14-10-26-29(19(14)25)11-13-4-8-32-9-5-13/h2-3,10,13H,1,4-9,11-12,25H2,(H,27,31)/t22-/m0/s1. The van der Waals surface area contributed by atoms with E-state index >= 15 is 4.39 Å². The second-order valence-corrected chi connectivity index (χ2v) is 9.21. The van der Waals surface area contributed by atoms with E-state index in [1.807, 2.05) is 0 Å². The summed E-state index contributed by atoms with van der Waals surface area (Å²) in [4.78, 5) is 27.2. The first-order chi connectivity index (χ1) is 15.9. The Morgan fingerprint density at radius 2 is 2.15 bits per heavy atom. The minimum Gasteiger partial charge on any atom is -0.436 e. The van der Waals surface area contributed by atoms with Crippen LogP contribution >= 0.6 is 11.6 Å². The molecule has 0 radical (unpaired) electrons. The van der Waals surface area contributed by atoms with Crippen LogP contribution in [0.15, 0.2) is 18.3 Å². The number of piperidine rings is 1. The number of anilines is 2. The van der Waals surface area contributed by atoms with E-state index in [4.69, 9.17) is 26.8 Å². The van der Waals surface area contributed by atoms with E-state index in [-0.39, 0.29) is 28.6 Å². The number of benzene rings is 1. The largest absolute Gasteiger partial charge is 0.436 e. The van der Waals surface area contributed by atoms with E-state index in [0.717, 1.165) is 12.8 Å². The second kappa shape index (κ2) is 8.49. The van der Waals surface area contributed by atoms with Gasteiger partial charge in [0.25, 0.3) is 5.91 Å². The molecule has 1 aromatic carbocycles. The third-order valence-electron chi connectivity index (χ3n) is 6.70. The average Bonchev–Trinajstić information content (AvgIpc) is 3.16. The van der Waals surface area contributed by atoms with Gasteiger partial charge in [0.2, 0.25) is 0 Å². The van der Waals surface area contributed by atoms with Crippen molar-refractivity contribution in [3.8, 4) is 0 Å². The second-order valence-electron chi connectivity index (χ2n) is 8.80. The number of hydrogen-bond acceptors (Lipinski definition) is 6. The number of nitrogens with two attached hydrogens (primary N) is 1. The highest BCUT2D eigenvalue weighted by Gasteiger charge is 2.48. The molecule has 1 atom stereocenters. The lowest BCUT2D eigenvalue weighted by Crippen LogP contribution is -2.53. The summed E-state index contributed by atoms with van der Waals surface area (Å²) in [7, 11) is 0. The third kappa shape index (κ3) is 3.91. The first kappa shape index (κ1) is 22.0. The summed E-state index contributed by atoms with van der Waals surface area (Å²) in [6, 6.07) is 2.93. The van der Waals surface area contributed by atoms with Crippen molar-refractivity contribution in [2.45, 2.75) is 37.8 Å². The fourth-order valence-corrected chi connectivity index (χ4v) is 5.15. The van der Waals surface area contributed by atoms with Crippen LogP contribution < -0.4 is 11.1 Å². The minimum absolute atomic E-state index is 0.00585. The van der Waals surface area contributed by atoms with Gasteiger partial charge < -0.3 is 20.1 Å². The van der Waals surface area contributed by atoms with Crippen LogP contribution in [0.3, 0.4) is 0 Å². The van der Waals surface area contributed by atoms with E-state index in [1.54, 1.807) is 15.6 Å². The van der Waals surface area contributed by atoms with Crippen LogP contribution in [-0.2, 0) is 21.6 Å². The van der Waals surface area contributed by atoms with Crippen molar-refractivity contribution in [2.24, 2.45) is 5.92 Å². The molecular weight excluding hydrogens is 453 g/mol. The molecule has 0 bridgehead atoms. The molecule has 0 aliphatic carbocycles. The molecule has 9 nitrogen and oxygen atoms in total. The van der Waals surface area contributed by atoms with Crippen LogP contribution in [-0.4, -0.2) is 53.0 Å². The Morgan fingerprint density at radius 3 is 2.94 bits per heavy atom. The molecule has 11 heteroatoms. The van der Waals surface area contributed by atoms with E-state index in [0.29, 0.717) is 56.6 Å². The van der Waals surface area contributed by atoms with E-state index in [2.05, 4.69) is 10.4 Å². The van der Waals surface area contributed by atoms with Crippen molar-refractivity contribution >= 4 is 35.1 Å². The molecule has 3 aliphatic heterocycles. The van der Waals surface area contributed by atoms with Crippen molar-refractivity contribution in [1.29, 1.82) is 0 Å². The maximum absolute atomic E-state index is 15.1. The number of nitrogens with zero attached hydrogens (tertiary/aromatic N) is 3. The molecule has 5 rings (SSSR count). The number of amides is 2. The molecule has 33 heavy (non-hydrogen) atoms. The van der Waals surface area contributed by atoms with Gasteiger partial charge in [0.15, 0.2) is 11.4 Å². The van der Waals surface area contributed by atoms with Gasteiger partial charge in [0.1, 0.15) is 11.4 Å². The number of nitrogen functional groups attached to an aromatic ring is 1. The molecule has 2 amide bonds. The van der Waals surface area contributed by atoms with Gasteiger partial charge in [-0.15, -0.1) is 0 Å². The van der Waals surface area contributed by atoms with Gasteiger partial charge in [-0.2, -0.15) is 5.10 Å². The fraction of sp³-hybridized carbons (Fsp3) is 0.500. The predicted molar refractivity (Wildman–Crippen MR) is 119 cm³/mol. The van der Waals surface area contributed by atoms with Gasteiger partial charge in [-0.05, 0) is 43.7 Å². The molecule has 1 aromatic heterocycles. The minimum atomic E-state index is -1.33. The molecular formula is C22H25ClFN5O4. The summed E-state index contributed by atoms with van der Waals surface area (Å²) < 4.78 is 27.7.